The van der Waals surface area contributed by atoms with Gasteiger partial charge in [0.25, 0.3) is 0 Å². The van der Waals surface area contributed by atoms with Gasteiger partial charge in [0.15, 0.2) is 17.8 Å². The summed E-state index contributed by atoms with van der Waals surface area (Å²) in [6, 6.07) is 33.1. The average Bonchev–Trinajstić information content (AvgIpc) is 0.758. The second-order valence-corrected chi connectivity index (χ2v) is 30.2. The van der Waals surface area contributed by atoms with Crippen LogP contribution in [-0.2, 0) is 47.7 Å². The first-order valence-corrected chi connectivity index (χ1v) is 35.6. The van der Waals surface area contributed by atoms with E-state index >= 15 is 14.4 Å². The number of ether oxygens (including phenoxy) is 4. The minimum Gasteiger partial charge on any atom is -0.481 e. The van der Waals surface area contributed by atoms with Crippen molar-refractivity contribution in [1.29, 1.82) is 0 Å². The van der Waals surface area contributed by atoms with Crippen LogP contribution in [0.15, 0.2) is 148 Å². The number of hydrogen-bond donors (Lipinski definition) is 4. The normalized spacial score (nSPS) is 34.1. The lowest BCUT2D eigenvalue weighted by Gasteiger charge is -2.55. The molecule has 17 atom stereocenters. The molecule has 1 aromatic heterocycles. The fourth-order valence-corrected chi connectivity index (χ4v) is 22.3. The Morgan fingerprint density at radius 3 is 2.48 bits per heavy atom. The molecule has 5 aromatic carbocycles. The number of fused-ring (bicyclic) bond motifs is 15. The van der Waals surface area contributed by atoms with E-state index in [1.807, 2.05) is 6.07 Å². The van der Waals surface area contributed by atoms with E-state index < -0.39 is 66.0 Å². The lowest BCUT2D eigenvalue weighted by Crippen LogP contribution is -2.61. The zero-order valence-corrected chi connectivity index (χ0v) is 54.4. The lowest BCUT2D eigenvalue weighted by atomic mass is 9.48. The molecule has 3 fully saturated rings. The van der Waals surface area contributed by atoms with Gasteiger partial charge in [-0.15, -0.1) is 0 Å². The molecule has 18 rings (SSSR count). The van der Waals surface area contributed by atoms with Crippen molar-refractivity contribution in [3.8, 4) is 17.6 Å². The van der Waals surface area contributed by atoms with Gasteiger partial charge in [0.05, 0.1) is 37.7 Å². The van der Waals surface area contributed by atoms with E-state index in [2.05, 4.69) is 139 Å². The summed E-state index contributed by atoms with van der Waals surface area (Å²) in [5.74, 6) is 5.54. The van der Waals surface area contributed by atoms with Crippen LogP contribution in [0.3, 0.4) is 0 Å². The van der Waals surface area contributed by atoms with Gasteiger partial charge in [-0.05, 0) is 203 Å². The summed E-state index contributed by atoms with van der Waals surface area (Å²) >= 11 is 0. The fraction of sp³-hybridized carbons (Fsp3) is 0.440. The maximum Gasteiger partial charge on any atom is 0.340 e. The molecule has 12 aliphatic rings. The third-order valence-corrected chi connectivity index (χ3v) is 26.2. The fourth-order valence-electron chi connectivity index (χ4n) is 22.3. The molecule has 96 heavy (non-hydrogen) atoms. The third kappa shape index (κ3) is 8.81. The molecular formula is C84H82O12. The highest BCUT2D eigenvalue weighted by molar-refractivity contribution is 5.91. The molecule has 6 aromatic rings. The van der Waals surface area contributed by atoms with Gasteiger partial charge in [0.2, 0.25) is 0 Å². The van der Waals surface area contributed by atoms with E-state index in [9.17, 15) is 20.4 Å². The van der Waals surface area contributed by atoms with Crippen molar-refractivity contribution in [3.63, 3.8) is 0 Å². The molecule has 12 heteroatoms. The van der Waals surface area contributed by atoms with Crippen molar-refractivity contribution in [2.24, 2.45) is 35.5 Å². The molecule has 9 aliphatic carbocycles. The summed E-state index contributed by atoms with van der Waals surface area (Å²) in [5, 5.41) is 43.3. The van der Waals surface area contributed by atoms with Crippen LogP contribution >= 0.6 is 0 Å². The van der Waals surface area contributed by atoms with Gasteiger partial charge in [0.1, 0.15) is 18.1 Å². The van der Waals surface area contributed by atoms with E-state index in [1.165, 1.54) is 68.5 Å². The second kappa shape index (κ2) is 23.1. The van der Waals surface area contributed by atoms with Crippen LogP contribution in [0.1, 0.15) is 210 Å². The Morgan fingerprint density at radius 1 is 0.781 bits per heavy atom. The molecule has 4 heterocycles. The highest BCUT2D eigenvalue weighted by atomic mass is 16.6. The number of benzene rings is 5. The number of carbonyl (C=O) groups is 2. The number of rotatable bonds is 9. The number of aliphatic hydroxyl groups is 4. The first kappa shape index (κ1) is 60.5. The predicted molar refractivity (Wildman–Crippen MR) is 364 cm³/mol. The zero-order chi connectivity index (χ0) is 64.9. The third-order valence-electron chi connectivity index (χ3n) is 26.2. The Balaban J connectivity index is 0.888. The number of allylic oxidation sites excluding steroid dienone is 6. The van der Waals surface area contributed by atoms with Gasteiger partial charge in [-0.2, -0.15) is 0 Å². The van der Waals surface area contributed by atoms with Crippen LogP contribution in [0.2, 0.25) is 0 Å². The smallest absolute Gasteiger partial charge is 0.340 e. The van der Waals surface area contributed by atoms with Crippen LogP contribution in [0.5, 0.6) is 5.75 Å². The minimum atomic E-state index is -1.52. The monoisotopic (exact) mass is 1280 g/mol. The molecule has 2 saturated carbocycles. The largest absolute Gasteiger partial charge is 0.481 e. The predicted octanol–water partition coefficient (Wildman–Crippen LogP) is 13.9. The molecule has 17 unspecified atom stereocenters. The minimum absolute atomic E-state index is 0.000129. The van der Waals surface area contributed by atoms with Crippen molar-refractivity contribution in [2.45, 2.75) is 168 Å². The summed E-state index contributed by atoms with van der Waals surface area (Å²) in [7, 11) is 0. The SMILES string of the molecule is CC(CO)=C1CC2CCC34C=CC5C#CCC6(Oc7ccc8c(CO)c(C(CCO)COCO)c(=O)oc8c7C(OC(=O)CC7CC(c8cccc9c8CCC8CCCC%10C=Cc%11ccccc%11C9%108)C=CC7c7ccc2c3c75)C6OC1=O)C1CC2c3ccccc3C=CC2C1C4. The van der Waals surface area contributed by atoms with Crippen molar-refractivity contribution in [2.75, 3.05) is 26.6 Å². The average molecular weight is 1280 g/mol. The van der Waals surface area contributed by atoms with Crippen molar-refractivity contribution >= 4 is 35.1 Å². The number of carbonyl (C=O) groups excluding carboxylic acids is 2. The van der Waals surface area contributed by atoms with Gasteiger partial charge in [0, 0.05) is 64.1 Å². The molecule has 1 saturated heterocycles. The number of esters is 2. The first-order chi connectivity index (χ1) is 47.0. The summed E-state index contributed by atoms with van der Waals surface area (Å²) < 4.78 is 34.9. The lowest BCUT2D eigenvalue weighted by molar-refractivity contribution is -0.205. The maximum absolute atomic E-state index is 16.5. The van der Waals surface area contributed by atoms with Crippen LogP contribution in [0.4, 0.5) is 0 Å². The highest BCUT2D eigenvalue weighted by Gasteiger charge is 2.66. The van der Waals surface area contributed by atoms with Gasteiger partial charge in [-0.1, -0.05) is 146 Å². The van der Waals surface area contributed by atoms with E-state index in [-0.39, 0.29) is 120 Å². The molecule has 12 nitrogen and oxygen atoms in total. The van der Waals surface area contributed by atoms with Crippen LogP contribution in [-0.4, -0.2) is 70.7 Å². The van der Waals surface area contributed by atoms with Gasteiger partial charge in [-0.25, -0.2) is 9.59 Å². The van der Waals surface area contributed by atoms with Gasteiger partial charge < -0.3 is 43.8 Å². The molecule has 0 radical (unpaired) electrons. The number of aliphatic hydroxyl groups excluding tert-OH is 4. The molecule has 4 N–H and O–H groups in total. The van der Waals surface area contributed by atoms with Crippen molar-refractivity contribution < 1.29 is 53.4 Å². The van der Waals surface area contributed by atoms with Crippen molar-refractivity contribution in [1.82, 2.24) is 0 Å². The summed E-state index contributed by atoms with van der Waals surface area (Å²) in [6.45, 7) is -0.309. The Hall–Kier alpha value is -7.89. The highest BCUT2D eigenvalue weighted by Crippen LogP contribution is 2.67. The number of hydrogen-bond acceptors (Lipinski definition) is 12. The van der Waals surface area contributed by atoms with E-state index in [4.69, 9.17) is 23.4 Å². The maximum atomic E-state index is 16.5. The molecular weight excluding hydrogens is 1200 g/mol. The zero-order valence-electron chi connectivity index (χ0n) is 54.4. The van der Waals surface area contributed by atoms with Gasteiger partial charge in [-0.3, -0.25) is 4.79 Å². The second-order valence-electron chi connectivity index (χ2n) is 30.2. The van der Waals surface area contributed by atoms with Gasteiger partial charge >= 0.3 is 17.6 Å². The topological polar surface area (TPSA) is 182 Å². The van der Waals surface area contributed by atoms with E-state index in [1.54, 1.807) is 13.0 Å². The Kier molecular flexibility index (Phi) is 14.6. The first-order valence-electron chi connectivity index (χ1n) is 35.6. The Labute approximate surface area is 559 Å². The molecule has 0 amide bonds. The quantitative estimate of drug-likeness (QED) is 0.0269. The molecule has 3 spiro atoms. The summed E-state index contributed by atoms with van der Waals surface area (Å²) in [5.41, 5.74) is 12.7. The van der Waals surface area contributed by atoms with Crippen LogP contribution in [0.25, 0.3) is 23.1 Å². The summed E-state index contributed by atoms with van der Waals surface area (Å²) in [6.07, 6.45) is 26.2. The Bertz CT molecular complexity index is 4550. The molecule has 3 aliphatic heterocycles. The summed E-state index contributed by atoms with van der Waals surface area (Å²) in [4.78, 5) is 47.8. The van der Waals surface area contributed by atoms with E-state index in [0.717, 1.165) is 44.1 Å². The van der Waals surface area contributed by atoms with E-state index in [0.29, 0.717) is 47.6 Å². The van der Waals surface area contributed by atoms with Crippen LogP contribution in [0, 0.1) is 47.3 Å². The molecule has 5 bridgehead atoms. The van der Waals surface area contributed by atoms with Crippen LogP contribution < -0.4 is 10.4 Å². The Morgan fingerprint density at radius 2 is 1.61 bits per heavy atom. The van der Waals surface area contributed by atoms with Crippen molar-refractivity contribution in [3.05, 3.63) is 227 Å². The molecule has 490 valence electrons. The standard InChI is InChI=1S/C84H82O12/c1-46(42-86)64-38-51-31-35-82-34-30-49-11-8-33-83(70-40-65-56-14-4-2-9-47(56)19-24-60(65)66(70)41-82)79(95-80(64)90)78(75-71(96-83)29-28-63-67(43-87)74(81(91)94-77(63)75)52(32-36-85)44-92-45-88)93-72(89)39-53-37-50(20-23-58(53)62-27-26-59(51)76(82)73(49)62)57-15-7-17-69-61(57)25-22-55-13-6-12-54-21-18-48-10-3-5-16-68(48)84(54,55)69/h2-5,7,9-10,14-21,23-24,26-30,34,49-55,58,60,65-66,70,78-79,85-88H,6,12-13,22,25,31-33,35-45H2,1H3.